The first kappa shape index (κ1) is 23.8. The first-order valence-electron chi connectivity index (χ1n) is 9.23. The van der Waals surface area contributed by atoms with Gasteiger partial charge in [0.25, 0.3) is 0 Å². The molecule has 0 bridgehead atoms. The highest BCUT2D eigenvalue weighted by atomic mass is 28.4. The molecule has 0 aromatic carbocycles. The van der Waals surface area contributed by atoms with Gasteiger partial charge in [-0.15, -0.1) is 6.58 Å². The Balaban J connectivity index is 4.32. The summed E-state index contributed by atoms with van der Waals surface area (Å²) in [6, 6.07) is 0. The van der Waals surface area contributed by atoms with Crippen LogP contribution < -0.4 is 0 Å². The lowest BCUT2D eigenvalue weighted by Crippen LogP contribution is -2.43. The molecular formula is C20H42O2Si2. The van der Waals surface area contributed by atoms with Crippen LogP contribution in [0.15, 0.2) is 24.8 Å². The highest BCUT2D eigenvalue weighted by molar-refractivity contribution is 6.74. The third kappa shape index (κ3) is 7.81. The molecule has 0 aliphatic heterocycles. The summed E-state index contributed by atoms with van der Waals surface area (Å²) in [7, 11) is -3.36. The Hall–Kier alpha value is -0.166. The molecule has 1 atom stereocenters. The van der Waals surface area contributed by atoms with Crippen LogP contribution in [0, 0.1) is 0 Å². The lowest BCUT2D eigenvalue weighted by atomic mass is 10.2. The van der Waals surface area contributed by atoms with E-state index in [1.165, 1.54) is 0 Å². The molecule has 2 nitrogen and oxygen atoms in total. The van der Waals surface area contributed by atoms with Crippen LogP contribution in [-0.4, -0.2) is 29.3 Å². The molecule has 4 heteroatoms. The first-order chi connectivity index (χ1) is 10.6. The van der Waals surface area contributed by atoms with Gasteiger partial charge in [0.05, 0.1) is 12.7 Å². The van der Waals surface area contributed by atoms with Gasteiger partial charge in [-0.25, -0.2) is 0 Å². The third-order valence-electron chi connectivity index (χ3n) is 5.65. The second-order valence-corrected chi connectivity index (χ2v) is 19.3. The Morgan fingerprint density at radius 3 is 1.79 bits per heavy atom. The topological polar surface area (TPSA) is 18.5 Å². The molecule has 0 heterocycles. The van der Waals surface area contributed by atoms with Gasteiger partial charge in [0, 0.05) is 0 Å². The zero-order valence-corrected chi connectivity index (χ0v) is 20.0. The van der Waals surface area contributed by atoms with Crippen molar-refractivity contribution < 1.29 is 8.85 Å². The van der Waals surface area contributed by atoms with Crippen molar-refractivity contribution in [3.8, 4) is 0 Å². The maximum atomic E-state index is 6.42. The van der Waals surface area contributed by atoms with Crippen LogP contribution >= 0.6 is 0 Å². The maximum Gasteiger partial charge on any atom is 0.192 e. The zero-order chi connectivity index (χ0) is 19.2. The number of allylic oxidation sites excluding steroid dienone is 1. The molecule has 142 valence electrons. The highest BCUT2D eigenvalue weighted by Gasteiger charge is 2.38. The van der Waals surface area contributed by atoms with Gasteiger partial charge in [-0.3, -0.25) is 0 Å². The number of hydrogen-bond acceptors (Lipinski definition) is 2. The van der Waals surface area contributed by atoms with E-state index in [9.17, 15) is 0 Å². The van der Waals surface area contributed by atoms with E-state index in [0.29, 0.717) is 0 Å². The van der Waals surface area contributed by atoms with E-state index in [4.69, 9.17) is 8.85 Å². The number of rotatable bonds is 9. The minimum Gasteiger partial charge on any atom is -0.413 e. The fourth-order valence-electron chi connectivity index (χ4n) is 1.70. The van der Waals surface area contributed by atoms with Gasteiger partial charge in [-0.1, -0.05) is 59.8 Å². The van der Waals surface area contributed by atoms with Crippen LogP contribution in [0.2, 0.25) is 36.3 Å². The summed E-state index contributed by atoms with van der Waals surface area (Å²) >= 11 is 0. The van der Waals surface area contributed by atoms with E-state index >= 15 is 0 Å². The predicted molar refractivity (Wildman–Crippen MR) is 114 cm³/mol. The Kier molecular flexibility index (Phi) is 8.91. The summed E-state index contributed by atoms with van der Waals surface area (Å²) in [5, 5.41) is 0.507. The van der Waals surface area contributed by atoms with Crippen LogP contribution in [0.5, 0.6) is 0 Å². The van der Waals surface area contributed by atoms with Gasteiger partial charge in [-0.2, -0.15) is 0 Å². The largest absolute Gasteiger partial charge is 0.413 e. The normalized spacial score (nSPS) is 15.8. The van der Waals surface area contributed by atoms with E-state index in [0.717, 1.165) is 19.4 Å². The van der Waals surface area contributed by atoms with Gasteiger partial charge in [-0.05, 0) is 49.1 Å². The minimum atomic E-state index is -1.72. The Morgan fingerprint density at radius 2 is 1.38 bits per heavy atom. The second kappa shape index (κ2) is 8.97. The molecule has 0 aromatic rings. The smallest absolute Gasteiger partial charge is 0.192 e. The Labute approximate surface area is 154 Å². The molecule has 0 fully saturated rings. The summed E-state index contributed by atoms with van der Waals surface area (Å²) in [5.74, 6) is 0. The fourth-order valence-corrected chi connectivity index (χ4v) is 3.97. The third-order valence-corrected chi connectivity index (χ3v) is 14.7. The monoisotopic (exact) mass is 370 g/mol. The van der Waals surface area contributed by atoms with Crippen molar-refractivity contribution in [3.05, 3.63) is 24.8 Å². The standard InChI is InChI=1S/C20H42O2Si2/c1-12-18(22-24(10,11)20(5,6)7)16-14-13-15-17-21-23(8,9)19(2,3)4/h12-13,15,18H,1,14,16-17H2,2-11H3/b15-13+. The van der Waals surface area contributed by atoms with Gasteiger partial charge >= 0.3 is 0 Å². The van der Waals surface area contributed by atoms with Crippen molar-refractivity contribution >= 4 is 16.6 Å². The molecule has 24 heavy (non-hydrogen) atoms. The van der Waals surface area contributed by atoms with Crippen molar-refractivity contribution in [3.63, 3.8) is 0 Å². The molecule has 1 unspecified atom stereocenters. The second-order valence-electron chi connectivity index (χ2n) is 9.77. The highest BCUT2D eigenvalue weighted by Crippen LogP contribution is 2.38. The molecule has 0 aliphatic carbocycles. The quantitative estimate of drug-likeness (QED) is 0.324. The lowest BCUT2D eigenvalue weighted by Gasteiger charge is -2.38. The van der Waals surface area contributed by atoms with Gasteiger partial charge in [0.15, 0.2) is 16.6 Å². The van der Waals surface area contributed by atoms with Crippen LogP contribution in [-0.2, 0) is 8.85 Å². The van der Waals surface area contributed by atoms with Crippen LogP contribution in [0.4, 0.5) is 0 Å². The fraction of sp³-hybridized carbons (Fsp3) is 0.800. The van der Waals surface area contributed by atoms with Gasteiger partial charge < -0.3 is 8.85 Å². The molecule has 0 aliphatic rings. The van der Waals surface area contributed by atoms with E-state index < -0.39 is 16.6 Å². The summed E-state index contributed by atoms with van der Waals surface area (Å²) in [6.07, 6.45) is 8.49. The van der Waals surface area contributed by atoms with Crippen molar-refractivity contribution in [1.82, 2.24) is 0 Å². The Bertz CT molecular complexity index is 412. The SMILES string of the molecule is C=CC(CC/C=C/CO[Si](C)(C)C(C)(C)C)O[Si](C)(C)C(C)(C)C. The molecule has 0 N–H and O–H groups in total. The molecule has 0 amide bonds. The molecule has 0 radical (unpaired) electrons. The maximum absolute atomic E-state index is 6.42. The van der Waals surface area contributed by atoms with E-state index in [-0.39, 0.29) is 16.2 Å². The van der Waals surface area contributed by atoms with Gasteiger partial charge in [0.2, 0.25) is 0 Å². The molecule has 0 saturated heterocycles. The van der Waals surface area contributed by atoms with E-state index in [1.54, 1.807) is 0 Å². The lowest BCUT2D eigenvalue weighted by molar-refractivity contribution is 0.216. The minimum absolute atomic E-state index is 0.150. The Morgan fingerprint density at radius 1 is 0.875 bits per heavy atom. The summed E-state index contributed by atoms with van der Waals surface area (Å²) in [6.45, 7) is 27.5. The van der Waals surface area contributed by atoms with Crippen molar-refractivity contribution in [2.24, 2.45) is 0 Å². The van der Waals surface area contributed by atoms with E-state index in [1.807, 2.05) is 6.08 Å². The molecule has 0 spiro atoms. The average molecular weight is 371 g/mol. The molecule has 0 rings (SSSR count). The summed E-state index contributed by atoms with van der Waals surface area (Å²) in [4.78, 5) is 0. The van der Waals surface area contributed by atoms with Crippen LogP contribution in [0.1, 0.15) is 54.4 Å². The zero-order valence-electron chi connectivity index (χ0n) is 18.0. The van der Waals surface area contributed by atoms with Crippen LogP contribution in [0.25, 0.3) is 0 Å². The summed E-state index contributed by atoms with van der Waals surface area (Å²) < 4.78 is 12.6. The molecule has 0 aromatic heterocycles. The molecule has 0 saturated carbocycles. The molecular weight excluding hydrogens is 328 g/mol. The average Bonchev–Trinajstić information content (AvgIpc) is 2.38. The summed E-state index contributed by atoms with van der Waals surface area (Å²) in [5.41, 5.74) is 0. The van der Waals surface area contributed by atoms with Gasteiger partial charge in [0.1, 0.15) is 0 Å². The van der Waals surface area contributed by atoms with Crippen molar-refractivity contribution in [1.29, 1.82) is 0 Å². The first-order valence-corrected chi connectivity index (χ1v) is 15.0. The predicted octanol–water partition coefficient (Wildman–Crippen LogP) is 6.92. The van der Waals surface area contributed by atoms with Crippen LogP contribution in [0.3, 0.4) is 0 Å². The van der Waals surface area contributed by atoms with Crippen molar-refractivity contribution in [2.75, 3.05) is 6.61 Å². The van der Waals surface area contributed by atoms with E-state index in [2.05, 4.69) is 86.5 Å². The van der Waals surface area contributed by atoms with Crippen molar-refractivity contribution in [2.45, 2.75) is 96.8 Å². The number of hydrogen-bond donors (Lipinski definition) is 0.